The van der Waals surface area contributed by atoms with Gasteiger partial charge in [-0.05, 0) is 87.1 Å². The lowest BCUT2D eigenvalue weighted by atomic mass is 9.94. The smallest absolute Gasteiger partial charge is 0.410 e. The van der Waals surface area contributed by atoms with Crippen LogP contribution < -0.4 is 9.80 Å². The predicted octanol–water partition coefficient (Wildman–Crippen LogP) is 6.57. The summed E-state index contributed by atoms with van der Waals surface area (Å²) in [5.41, 5.74) is 5.72. The number of ether oxygens (including phenoxy) is 1. The van der Waals surface area contributed by atoms with E-state index in [0.29, 0.717) is 42.5 Å². The Labute approximate surface area is 295 Å². The van der Waals surface area contributed by atoms with Crippen molar-refractivity contribution < 1.29 is 29.0 Å². The van der Waals surface area contributed by atoms with Crippen molar-refractivity contribution in [2.45, 2.75) is 66.3 Å². The van der Waals surface area contributed by atoms with Crippen LogP contribution in [0.1, 0.15) is 68.3 Å². The van der Waals surface area contributed by atoms with Crippen LogP contribution in [0.4, 0.5) is 21.0 Å². The van der Waals surface area contributed by atoms with E-state index in [4.69, 9.17) is 4.74 Å². The predicted molar refractivity (Wildman–Crippen MR) is 192 cm³/mol. The first-order chi connectivity index (χ1) is 23.6. The third kappa shape index (κ3) is 6.69. The summed E-state index contributed by atoms with van der Waals surface area (Å²) in [4.78, 5) is 64.1. The molecule has 4 amide bonds. The molecule has 4 heterocycles. The van der Waals surface area contributed by atoms with Crippen molar-refractivity contribution in [3.05, 3.63) is 86.6 Å². The third-order valence-corrected chi connectivity index (χ3v) is 10.5. The summed E-state index contributed by atoms with van der Waals surface area (Å²) in [5, 5.41) is 9.41. The molecular weight excluding hydrogens is 657 g/mol. The molecule has 1 N–H and O–H groups in total. The maximum Gasteiger partial charge on any atom is 0.410 e. The van der Waals surface area contributed by atoms with Crippen molar-refractivity contribution in [3.8, 4) is 11.1 Å². The molecule has 0 spiro atoms. The van der Waals surface area contributed by atoms with Crippen molar-refractivity contribution in [2.75, 3.05) is 37.0 Å². The van der Waals surface area contributed by atoms with Crippen molar-refractivity contribution in [2.24, 2.45) is 0 Å². The van der Waals surface area contributed by atoms with Crippen molar-refractivity contribution in [1.29, 1.82) is 0 Å². The molecule has 0 unspecified atom stereocenters. The second-order valence-electron chi connectivity index (χ2n) is 13.8. The largest absolute Gasteiger partial charge is 0.465 e. The summed E-state index contributed by atoms with van der Waals surface area (Å²) in [6.45, 7) is 11.4. The highest BCUT2D eigenvalue weighted by Gasteiger charge is 2.30. The molecule has 4 aromatic rings. The van der Waals surface area contributed by atoms with Gasteiger partial charge in [0.15, 0.2) is 0 Å². The summed E-state index contributed by atoms with van der Waals surface area (Å²) < 4.78 is 7.44. The Bertz CT molecular complexity index is 2010. The number of fused-ring (bicyclic) bond motifs is 2. The first-order valence-corrected chi connectivity index (χ1v) is 17.3. The van der Waals surface area contributed by atoms with Crippen molar-refractivity contribution in [1.82, 2.24) is 19.4 Å². The molecule has 2 aromatic heterocycles. The number of hydrogen-bond acceptors (Lipinski definition) is 7. The van der Waals surface area contributed by atoms with Gasteiger partial charge in [-0.2, -0.15) is 0 Å². The number of nitrogens with zero attached hydrogens (tertiary/aromatic N) is 6. The number of benzene rings is 2. The maximum atomic E-state index is 13.8. The molecule has 0 radical (unpaired) electrons. The van der Waals surface area contributed by atoms with Gasteiger partial charge in [-0.1, -0.05) is 24.3 Å². The van der Waals surface area contributed by atoms with E-state index in [2.05, 4.69) is 4.98 Å². The van der Waals surface area contributed by atoms with Crippen LogP contribution in [-0.2, 0) is 30.8 Å². The molecule has 0 fully saturated rings. The number of thiophene rings is 1. The molecule has 13 heteroatoms. The minimum atomic E-state index is -0.956. The first kappa shape index (κ1) is 34.7. The third-order valence-electron chi connectivity index (χ3n) is 9.25. The van der Waals surface area contributed by atoms with Crippen LogP contribution in [0, 0.1) is 13.8 Å². The van der Waals surface area contributed by atoms with E-state index in [-0.39, 0.29) is 24.9 Å². The van der Waals surface area contributed by atoms with Crippen molar-refractivity contribution in [3.63, 3.8) is 0 Å². The molecule has 0 bridgehead atoms. The van der Waals surface area contributed by atoms with Crippen LogP contribution >= 0.6 is 11.3 Å². The monoisotopic (exact) mass is 698 g/mol. The van der Waals surface area contributed by atoms with Crippen LogP contribution in [0.15, 0.2) is 48.7 Å². The fraction of sp³-hybridized carbons (Fsp3) is 0.378. The highest BCUT2D eigenvalue weighted by molar-refractivity contribution is 7.14. The fourth-order valence-corrected chi connectivity index (χ4v) is 7.69. The molecule has 0 atom stereocenters. The number of aromatic nitrogens is 2. The minimum absolute atomic E-state index is 0.153. The molecule has 50 heavy (non-hydrogen) atoms. The number of imidazole rings is 1. The van der Waals surface area contributed by atoms with Gasteiger partial charge in [0.05, 0.1) is 18.0 Å². The zero-order valence-corrected chi connectivity index (χ0v) is 30.3. The number of carboxylic acid groups (broad SMARTS) is 1. The topological polar surface area (TPSA) is 129 Å². The van der Waals surface area contributed by atoms with Gasteiger partial charge in [-0.25, -0.2) is 14.6 Å². The van der Waals surface area contributed by atoms with Gasteiger partial charge in [-0.15, -0.1) is 11.3 Å². The molecule has 0 aliphatic carbocycles. The lowest BCUT2D eigenvalue weighted by Crippen LogP contribution is -2.41. The van der Waals surface area contributed by atoms with Crippen LogP contribution in [0.2, 0.25) is 0 Å². The fourth-order valence-electron chi connectivity index (χ4n) is 6.55. The first-order valence-electron chi connectivity index (χ1n) is 16.5. The molecular formula is C37H42N6O6S. The summed E-state index contributed by atoms with van der Waals surface area (Å²) >= 11 is 1.43. The minimum Gasteiger partial charge on any atom is -0.465 e. The Morgan fingerprint density at radius 2 is 1.48 bits per heavy atom. The Balaban J connectivity index is 1.21. The van der Waals surface area contributed by atoms with E-state index in [1.165, 1.54) is 16.2 Å². The summed E-state index contributed by atoms with van der Waals surface area (Å²) in [5.74, 6) is 0.205. The second-order valence-corrected chi connectivity index (χ2v) is 14.9. The lowest BCUT2D eigenvalue weighted by Gasteiger charge is -2.30. The molecule has 12 nitrogen and oxygen atoms in total. The Kier molecular flexibility index (Phi) is 9.21. The summed E-state index contributed by atoms with van der Waals surface area (Å²) in [6.07, 6.45) is 0.980. The number of rotatable bonds is 5. The average molecular weight is 699 g/mol. The van der Waals surface area contributed by atoms with E-state index < -0.39 is 17.8 Å². The summed E-state index contributed by atoms with van der Waals surface area (Å²) in [7, 11) is 3.48. The van der Waals surface area contributed by atoms with Crippen molar-refractivity contribution >= 4 is 46.7 Å². The SMILES string of the molecule is Cc1c(-c2cccc(N(C)C(=O)c3cc4c(s3)CCN(C(=O)O)C4)c2C)cccc1N(C)C(=O)c1cn2c(n1)CN(C(=O)OC(C)(C)C)CC2. The van der Waals surface area contributed by atoms with E-state index in [0.717, 1.165) is 44.1 Å². The molecule has 2 aliphatic heterocycles. The van der Waals surface area contributed by atoms with Crippen LogP contribution in [0.5, 0.6) is 0 Å². The summed E-state index contributed by atoms with van der Waals surface area (Å²) in [6, 6.07) is 13.5. The van der Waals surface area contributed by atoms with Gasteiger partial charge in [-0.3, -0.25) is 14.5 Å². The molecule has 0 saturated carbocycles. The van der Waals surface area contributed by atoms with E-state index >= 15 is 0 Å². The maximum absolute atomic E-state index is 13.8. The van der Waals surface area contributed by atoms with Gasteiger partial charge < -0.3 is 29.1 Å². The lowest BCUT2D eigenvalue weighted by molar-refractivity contribution is 0.0195. The van der Waals surface area contributed by atoms with Crippen LogP contribution in [0.25, 0.3) is 11.1 Å². The zero-order valence-electron chi connectivity index (χ0n) is 29.4. The van der Waals surface area contributed by atoms with Gasteiger partial charge >= 0.3 is 12.2 Å². The van der Waals surface area contributed by atoms with Gasteiger partial charge in [0.25, 0.3) is 11.8 Å². The Morgan fingerprint density at radius 3 is 2.08 bits per heavy atom. The quantitative estimate of drug-likeness (QED) is 0.250. The number of anilines is 2. The molecule has 2 aromatic carbocycles. The highest BCUT2D eigenvalue weighted by Crippen LogP contribution is 2.37. The number of hydrogen-bond donors (Lipinski definition) is 1. The number of carbonyl (C=O) groups is 4. The Hall–Kier alpha value is -5.17. The zero-order chi connectivity index (χ0) is 36.1. The molecule has 2 aliphatic rings. The van der Waals surface area contributed by atoms with Gasteiger partial charge in [0.1, 0.15) is 17.1 Å². The number of carbonyl (C=O) groups excluding carboxylic acids is 3. The standard InChI is InChI=1S/C37H42N6O6S/c1-22-25(26-11-9-13-29(23(26)2)40(7)34(45)31-18-24-19-42(35(46)47)15-14-30(24)50-31)10-8-12-28(22)39(6)33(44)27-20-41-16-17-43(21-32(41)38-27)36(48)49-37(3,4)5/h8-13,18,20H,14-17,19,21H2,1-7H3,(H,46,47). The van der Waals surface area contributed by atoms with E-state index in [9.17, 15) is 24.3 Å². The molecule has 6 rings (SSSR count). The average Bonchev–Trinajstić information content (AvgIpc) is 3.70. The highest BCUT2D eigenvalue weighted by atomic mass is 32.1. The Morgan fingerprint density at radius 1 is 0.860 bits per heavy atom. The second kappa shape index (κ2) is 13.3. The van der Waals surface area contributed by atoms with Gasteiger partial charge in [0.2, 0.25) is 0 Å². The van der Waals surface area contributed by atoms with Crippen LogP contribution in [0.3, 0.4) is 0 Å². The molecule has 262 valence electrons. The van der Waals surface area contributed by atoms with E-state index in [1.807, 2.05) is 81.7 Å². The molecule has 0 saturated heterocycles. The van der Waals surface area contributed by atoms with Gasteiger partial charge in [0, 0.05) is 56.2 Å². The van der Waals surface area contributed by atoms with Crippen LogP contribution in [-0.4, -0.2) is 81.2 Å². The normalized spacial score (nSPS) is 14.1. The number of amides is 4. The van der Waals surface area contributed by atoms with E-state index in [1.54, 1.807) is 35.0 Å².